The van der Waals surface area contributed by atoms with Crippen molar-refractivity contribution in [3.63, 3.8) is 0 Å². The molecule has 0 radical (unpaired) electrons. The van der Waals surface area contributed by atoms with Gasteiger partial charge in [-0.15, -0.1) is 0 Å². The lowest BCUT2D eigenvalue weighted by atomic mass is 9.92. The van der Waals surface area contributed by atoms with Gasteiger partial charge in [0, 0.05) is 17.5 Å². The summed E-state index contributed by atoms with van der Waals surface area (Å²) in [6.45, 7) is 8.26. The standard InChI is InChI=1S/C18H24BrN3O3/c1-11(12-6-7-14(24-5)13(19)8-12)20-10-16(23)21-17-9-15(22-25-17)18(2,3)4/h6-9,11,20H,10H2,1-5H3,(H,21,23)/t11-/m0/s1. The molecule has 1 amide bonds. The molecule has 0 fully saturated rings. The SMILES string of the molecule is COc1ccc([C@H](C)NCC(=O)Nc2cc(C(C)(C)C)no2)cc1Br. The molecular formula is C18H24BrN3O3. The average Bonchev–Trinajstić information content (AvgIpc) is 3.01. The fourth-order valence-electron chi connectivity index (χ4n) is 2.18. The number of carbonyl (C=O) groups excluding carboxylic acids is 1. The van der Waals surface area contributed by atoms with E-state index in [4.69, 9.17) is 9.26 Å². The first kappa shape index (κ1) is 19.5. The number of carbonyl (C=O) groups is 1. The number of halogens is 1. The highest BCUT2D eigenvalue weighted by atomic mass is 79.9. The highest BCUT2D eigenvalue weighted by Gasteiger charge is 2.19. The van der Waals surface area contributed by atoms with Crippen LogP contribution in [0.5, 0.6) is 5.75 Å². The fraction of sp³-hybridized carbons (Fsp3) is 0.444. The number of hydrogen-bond donors (Lipinski definition) is 2. The van der Waals surface area contributed by atoms with Crippen molar-refractivity contribution in [3.8, 4) is 5.75 Å². The van der Waals surface area contributed by atoms with Crippen LogP contribution in [0.4, 0.5) is 5.88 Å². The molecule has 0 bridgehead atoms. The molecule has 0 aliphatic heterocycles. The van der Waals surface area contributed by atoms with Gasteiger partial charge in [-0.2, -0.15) is 0 Å². The van der Waals surface area contributed by atoms with Crippen molar-refractivity contribution in [1.82, 2.24) is 10.5 Å². The molecule has 1 heterocycles. The highest BCUT2D eigenvalue weighted by molar-refractivity contribution is 9.10. The van der Waals surface area contributed by atoms with Gasteiger partial charge < -0.3 is 14.6 Å². The number of hydrogen-bond acceptors (Lipinski definition) is 5. The Morgan fingerprint density at radius 3 is 2.64 bits per heavy atom. The van der Waals surface area contributed by atoms with Gasteiger partial charge in [-0.05, 0) is 40.5 Å². The summed E-state index contributed by atoms with van der Waals surface area (Å²) in [7, 11) is 1.63. The van der Waals surface area contributed by atoms with Crippen molar-refractivity contribution in [2.45, 2.75) is 39.2 Å². The van der Waals surface area contributed by atoms with E-state index in [9.17, 15) is 4.79 Å². The Labute approximate surface area is 156 Å². The zero-order valence-corrected chi connectivity index (χ0v) is 16.7. The third kappa shape index (κ3) is 5.31. The van der Waals surface area contributed by atoms with Gasteiger partial charge in [0.2, 0.25) is 11.8 Å². The van der Waals surface area contributed by atoms with E-state index >= 15 is 0 Å². The first-order valence-corrected chi connectivity index (χ1v) is 8.84. The number of anilines is 1. The number of aromatic nitrogens is 1. The van der Waals surface area contributed by atoms with Crippen LogP contribution in [0, 0.1) is 0 Å². The monoisotopic (exact) mass is 409 g/mol. The van der Waals surface area contributed by atoms with Crippen LogP contribution in [-0.4, -0.2) is 24.7 Å². The zero-order valence-electron chi connectivity index (χ0n) is 15.1. The molecule has 6 nitrogen and oxygen atoms in total. The fourth-order valence-corrected chi connectivity index (χ4v) is 2.74. The van der Waals surface area contributed by atoms with Gasteiger partial charge in [-0.3, -0.25) is 10.1 Å². The molecule has 1 aromatic carbocycles. The summed E-state index contributed by atoms with van der Waals surface area (Å²) in [6, 6.07) is 7.58. The summed E-state index contributed by atoms with van der Waals surface area (Å²) in [5.41, 5.74) is 1.73. The Hall–Kier alpha value is -1.86. The Morgan fingerprint density at radius 1 is 1.36 bits per heavy atom. The number of rotatable bonds is 6. The molecule has 0 spiro atoms. The maximum Gasteiger partial charge on any atom is 0.240 e. The summed E-state index contributed by atoms with van der Waals surface area (Å²) in [4.78, 5) is 12.1. The number of ether oxygens (including phenoxy) is 1. The number of benzene rings is 1. The largest absolute Gasteiger partial charge is 0.496 e. The molecule has 0 saturated carbocycles. The highest BCUT2D eigenvalue weighted by Crippen LogP contribution is 2.28. The Morgan fingerprint density at radius 2 is 2.08 bits per heavy atom. The van der Waals surface area contributed by atoms with E-state index < -0.39 is 0 Å². The van der Waals surface area contributed by atoms with Crippen molar-refractivity contribution in [2.75, 3.05) is 19.0 Å². The molecular weight excluding hydrogens is 386 g/mol. The van der Waals surface area contributed by atoms with Crippen LogP contribution in [0.3, 0.4) is 0 Å². The van der Waals surface area contributed by atoms with Crippen LogP contribution in [0.2, 0.25) is 0 Å². The average molecular weight is 410 g/mol. The van der Waals surface area contributed by atoms with Crippen molar-refractivity contribution in [1.29, 1.82) is 0 Å². The summed E-state index contributed by atoms with van der Waals surface area (Å²) >= 11 is 3.47. The van der Waals surface area contributed by atoms with Gasteiger partial charge in [0.05, 0.1) is 23.8 Å². The smallest absolute Gasteiger partial charge is 0.240 e. The first-order valence-electron chi connectivity index (χ1n) is 8.04. The number of nitrogens with one attached hydrogen (secondary N) is 2. The molecule has 0 saturated heterocycles. The van der Waals surface area contributed by atoms with Gasteiger partial charge in [0.25, 0.3) is 0 Å². The lowest BCUT2D eigenvalue weighted by Crippen LogP contribution is -2.30. The molecule has 2 rings (SSSR count). The van der Waals surface area contributed by atoms with Crippen LogP contribution >= 0.6 is 15.9 Å². The van der Waals surface area contributed by atoms with Crippen LogP contribution in [-0.2, 0) is 10.2 Å². The Balaban J connectivity index is 1.89. The Kier molecular flexibility index (Phi) is 6.24. The minimum Gasteiger partial charge on any atom is -0.496 e. The predicted molar refractivity (Wildman–Crippen MR) is 101 cm³/mol. The molecule has 1 aromatic heterocycles. The molecule has 136 valence electrons. The summed E-state index contributed by atoms with van der Waals surface area (Å²) < 4.78 is 11.3. The van der Waals surface area contributed by atoms with E-state index in [-0.39, 0.29) is 23.9 Å². The topological polar surface area (TPSA) is 76.4 Å². The lowest BCUT2D eigenvalue weighted by Gasteiger charge is -2.15. The molecule has 0 aliphatic rings. The van der Waals surface area contributed by atoms with E-state index in [0.29, 0.717) is 5.88 Å². The van der Waals surface area contributed by atoms with Crippen LogP contribution in [0.15, 0.2) is 33.3 Å². The molecule has 7 heteroatoms. The lowest BCUT2D eigenvalue weighted by molar-refractivity contribution is -0.115. The van der Waals surface area contributed by atoms with Crippen molar-refractivity contribution >= 4 is 27.7 Å². The van der Waals surface area contributed by atoms with Crippen molar-refractivity contribution in [3.05, 3.63) is 40.0 Å². The van der Waals surface area contributed by atoms with E-state index in [0.717, 1.165) is 21.5 Å². The van der Waals surface area contributed by atoms with Gasteiger partial charge in [-0.25, -0.2) is 0 Å². The number of amides is 1. The minimum atomic E-state index is -0.184. The maximum atomic E-state index is 12.1. The third-order valence-electron chi connectivity index (χ3n) is 3.79. The predicted octanol–water partition coefficient (Wildman–Crippen LogP) is 4.03. The second-order valence-electron chi connectivity index (χ2n) is 6.87. The third-order valence-corrected chi connectivity index (χ3v) is 4.41. The summed E-state index contributed by atoms with van der Waals surface area (Å²) in [5, 5.41) is 9.88. The zero-order chi connectivity index (χ0) is 18.6. The summed E-state index contributed by atoms with van der Waals surface area (Å²) in [6.07, 6.45) is 0. The second kappa shape index (κ2) is 8.01. The van der Waals surface area contributed by atoms with Crippen molar-refractivity contribution < 1.29 is 14.1 Å². The second-order valence-corrected chi connectivity index (χ2v) is 7.73. The van der Waals surface area contributed by atoms with Crippen LogP contribution in [0.1, 0.15) is 45.0 Å². The van der Waals surface area contributed by atoms with E-state index in [1.807, 2.05) is 45.9 Å². The van der Waals surface area contributed by atoms with Gasteiger partial charge >= 0.3 is 0 Å². The van der Waals surface area contributed by atoms with Gasteiger partial charge in [-0.1, -0.05) is 32.0 Å². The quantitative estimate of drug-likeness (QED) is 0.752. The van der Waals surface area contributed by atoms with E-state index in [1.165, 1.54) is 0 Å². The summed E-state index contributed by atoms with van der Waals surface area (Å²) in [5.74, 6) is 0.946. The Bertz CT molecular complexity index is 737. The van der Waals surface area contributed by atoms with Gasteiger partial charge in [0.1, 0.15) is 5.75 Å². The van der Waals surface area contributed by atoms with Gasteiger partial charge in [0.15, 0.2) is 0 Å². The molecule has 1 atom stereocenters. The van der Waals surface area contributed by atoms with Crippen molar-refractivity contribution in [2.24, 2.45) is 0 Å². The van der Waals surface area contributed by atoms with Crippen LogP contribution < -0.4 is 15.4 Å². The van der Waals surface area contributed by atoms with Crippen LogP contribution in [0.25, 0.3) is 0 Å². The molecule has 0 aliphatic carbocycles. The van der Waals surface area contributed by atoms with E-state index in [2.05, 4.69) is 31.7 Å². The minimum absolute atomic E-state index is 0.00724. The molecule has 2 N–H and O–H groups in total. The normalized spacial score (nSPS) is 12.7. The molecule has 25 heavy (non-hydrogen) atoms. The number of methoxy groups -OCH3 is 1. The number of nitrogens with zero attached hydrogens (tertiary/aromatic N) is 1. The first-order chi connectivity index (χ1) is 11.7. The maximum absolute atomic E-state index is 12.1. The molecule has 0 unspecified atom stereocenters. The van der Waals surface area contributed by atoms with E-state index in [1.54, 1.807) is 13.2 Å². The molecule has 2 aromatic rings.